The zero-order valence-corrected chi connectivity index (χ0v) is 4.81. The van der Waals surface area contributed by atoms with Gasteiger partial charge < -0.3 is 9.90 Å². The van der Waals surface area contributed by atoms with Gasteiger partial charge in [-0.05, 0) is 0 Å². The van der Waals surface area contributed by atoms with Crippen LogP contribution in [0.4, 0.5) is 17.6 Å². The van der Waals surface area contributed by atoms with Crippen molar-refractivity contribution in [2.45, 2.75) is 12.3 Å². The van der Waals surface area contributed by atoms with E-state index in [1.165, 1.54) is 0 Å². The van der Waals surface area contributed by atoms with E-state index in [0.717, 1.165) is 0 Å². The fourth-order valence-corrected chi connectivity index (χ4v) is 0.251. The lowest BCUT2D eigenvalue weighted by atomic mass is 10.2. The van der Waals surface area contributed by atoms with Gasteiger partial charge in [0.1, 0.15) is 0 Å². The molecular weight excluding hydrogens is 172 g/mol. The summed E-state index contributed by atoms with van der Waals surface area (Å²) >= 11 is 0. The Morgan fingerprint density at radius 2 is 1.64 bits per heavy atom. The third-order valence-electron chi connectivity index (χ3n) is 0.717. The smallest absolute Gasteiger partial charge is 0.453 e. The van der Waals surface area contributed by atoms with Crippen LogP contribution in [0.2, 0.25) is 0 Å². The molecule has 3 nitrogen and oxygen atoms in total. The lowest BCUT2D eigenvalue weighted by Gasteiger charge is -2.09. The van der Waals surface area contributed by atoms with Crippen molar-refractivity contribution in [1.29, 1.82) is 0 Å². The summed E-state index contributed by atoms with van der Waals surface area (Å²) in [5.41, 5.74) is 0. The van der Waals surface area contributed by atoms with Crippen molar-refractivity contribution in [1.82, 2.24) is 0 Å². The van der Waals surface area contributed by atoms with Crippen LogP contribution in [0.15, 0.2) is 0 Å². The second-order valence-electron chi connectivity index (χ2n) is 1.54. The minimum atomic E-state index is -5.47. The fraction of sp³-hybridized carbons (Fsp3) is 0.500. The Morgan fingerprint density at radius 3 is 1.73 bits per heavy atom. The van der Waals surface area contributed by atoms with Crippen LogP contribution in [-0.4, -0.2) is 24.1 Å². The molecule has 0 saturated heterocycles. The van der Waals surface area contributed by atoms with Crippen molar-refractivity contribution in [2.24, 2.45) is 0 Å². The van der Waals surface area contributed by atoms with Crippen molar-refractivity contribution in [3.8, 4) is 0 Å². The Kier molecular flexibility index (Phi) is 2.55. The number of rotatable bonds is 2. The van der Waals surface area contributed by atoms with Crippen LogP contribution in [0.3, 0.4) is 0 Å². The maximum atomic E-state index is 11.7. The molecule has 0 aliphatic heterocycles. The van der Waals surface area contributed by atoms with Crippen LogP contribution in [0, 0.1) is 0 Å². The second-order valence-corrected chi connectivity index (χ2v) is 1.54. The zero-order valence-electron chi connectivity index (χ0n) is 4.81. The highest BCUT2D eigenvalue weighted by molar-refractivity contribution is 6.03. The summed E-state index contributed by atoms with van der Waals surface area (Å²) in [6.45, 7) is 0. The molecule has 1 unspecified atom stereocenters. The van der Waals surface area contributed by atoms with E-state index in [4.69, 9.17) is 0 Å². The summed E-state index contributed by atoms with van der Waals surface area (Å²) in [4.78, 5) is 19.1. The third-order valence-corrected chi connectivity index (χ3v) is 0.717. The number of carbonyl (C=O) groups is 2. The maximum absolute atomic E-state index is 11.7. The molecule has 0 aliphatic rings. The molecule has 0 aliphatic carbocycles. The number of ketones is 1. The topological polar surface area (TPSA) is 57.2 Å². The molecule has 0 rings (SSSR count). The molecule has 0 aromatic rings. The van der Waals surface area contributed by atoms with Gasteiger partial charge in [0.25, 0.3) is 5.78 Å². The summed E-state index contributed by atoms with van der Waals surface area (Å²) < 4.78 is 45.2. The first-order valence-electron chi connectivity index (χ1n) is 2.22. The fourth-order valence-electron chi connectivity index (χ4n) is 0.251. The number of carbonyl (C=O) groups excluding carboxylic acids is 2. The van der Waals surface area contributed by atoms with Crippen molar-refractivity contribution in [3.63, 3.8) is 0 Å². The number of hydrogen-bond donors (Lipinski definition) is 0. The van der Waals surface area contributed by atoms with Gasteiger partial charge in [0.15, 0.2) is 0 Å². The van der Waals surface area contributed by atoms with Crippen LogP contribution in [0.5, 0.6) is 0 Å². The number of alkyl halides is 4. The van der Waals surface area contributed by atoms with Crippen LogP contribution in [0.1, 0.15) is 0 Å². The van der Waals surface area contributed by atoms with Crippen molar-refractivity contribution in [3.05, 3.63) is 0 Å². The molecule has 0 bridgehead atoms. The molecular formula is C4HF4O3-. The van der Waals surface area contributed by atoms with Crippen LogP contribution in [0.25, 0.3) is 0 Å². The highest BCUT2D eigenvalue weighted by atomic mass is 19.4. The molecule has 0 heterocycles. The molecule has 0 fully saturated rings. The largest absolute Gasteiger partial charge is 0.546 e. The van der Waals surface area contributed by atoms with Gasteiger partial charge in [-0.3, -0.25) is 4.79 Å². The predicted molar refractivity (Wildman–Crippen MR) is 21.0 cm³/mol. The third kappa shape index (κ3) is 2.52. The van der Waals surface area contributed by atoms with E-state index in [2.05, 4.69) is 0 Å². The molecule has 0 aromatic heterocycles. The number of carboxylic acid groups (broad SMARTS) is 1. The summed E-state index contributed by atoms with van der Waals surface area (Å²) in [6, 6.07) is 0. The van der Waals surface area contributed by atoms with E-state index < -0.39 is 24.1 Å². The molecule has 0 radical (unpaired) electrons. The van der Waals surface area contributed by atoms with E-state index in [0.29, 0.717) is 0 Å². The first-order valence-corrected chi connectivity index (χ1v) is 2.22. The molecule has 0 aromatic carbocycles. The van der Waals surface area contributed by atoms with Gasteiger partial charge >= 0.3 is 6.18 Å². The molecule has 1 atom stereocenters. The van der Waals surface area contributed by atoms with Gasteiger partial charge in [-0.15, -0.1) is 0 Å². The van der Waals surface area contributed by atoms with E-state index in [1.54, 1.807) is 0 Å². The first kappa shape index (κ1) is 9.86. The summed E-state index contributed by atoms with van der Waals surface area (Å²) in [7, 11) is 0. The van der Waals surface area contributed by atoms with Crippen molar-refractivity contribution >= 4 is 11.8 Å². The molecule has 0 N–H and O–H groups in total. The molecule has 11 heavy (non-hydrogen) atoms. The van der Waals surface area contributed by atoms with Crippen LogP contribution in [-0.2, 0) is 9.59 Å². The summed E-state index contributed by atoms with van der Waals surface area (Å²) in [6.07, 6.45) is -9.10. The van der Waals surface area contributed by atoms with E-state index >= 15 is 0 Å². The highest BCUT2D eigenvalue weighted by Crippen LogP contribution is 2.18. The average molecular weight is 173 g/mol. The van der Waals surface area contributed by atoms with Gasteiger partial charge in [-0.1, -0.05) is 0 Å². The standard InChI is InChI=1S/C4H2F4O3/c5-1(3(10)11)2(9)4(6,7)8/h1H,(H,10,11)/p-1. The highest BCUT2D eigenvalue weighted by Gasteiger charge is 2.44. The van der Waals surface area contributed by atoms with E-state index in [1.807, 2.05) is 0 Å². The summed E-state index contributed by atoms with van der Waals surface area (Å²) in [5, 5.41) is 9.38. The Labute approximate surface area is 57.6 Å². The molecule has 64 valence electrons. The lowest BCUT2D eigenvalue weighted by Crippen LogP contribution is -2.43. The Balaban J connectivity index is 4.39. The second kappa shape index (κ2) is 2.85. The van der Waals surface area contributed by atoms with Gasteiger partial charge in [-0.25, -0.2) is 4.39 Å². The molecule has 7 heteroatoms. The van der Waals surface area contributed by atoms with Crippen molar-refractivity contribution in [2.75, 3.05) is 0 Å². The monoisotopic (exact) mass is 173 g/mol. The maximum Gasteiger partial charge on any atom is 0.453 e. The Morgan fingerprint density at radius 1 is 1.27 bits per heavy atom. The number of hydrogen-bond acceptors (Lipinski definition) is 3. The molecule has 0 saturated carbocycles. The van der Waals surface area contributed by atoms with E-state index in [-0.39, 0.29) is 0 Å². The number of halogens is 4. The quantitative estimate of drug-likeness (QED) is 0.406. The SMILES string of the molecule is O=C([O-])C(F)C(=O)C(F)(F)F. The van der Waals surface area contributed by atoms with Gasteiger partial charge in [-0.2, -0.15) is 13.2 Å². The Bertz CT molecular complexity index is 184. The number of aliphatic carboxylic acids is 1. The molecule has 0 spiro atoms. The van der Waals surface area contributed by atoms with Gasteiger partial charge in [0.2, 0.25) is 6.17 Å². The number of Topliss-reactive ketones (excluding diaryl/α,β-unsaturated/α-hetero) is 1. The minimum Gasteiger partial charge on any atom is -0.546 e. The van der Waals surface area contributed by atoms with Crippen molar-refractivity contribution < 1.29 is 32.3 Å². The lowest BCUT2D eigenvalue weighted by molar-refractivity contribution is -0.311. The van der Waals surface area contributed by atoms with Crippen LogP contribution >= 0.6 is 0 Å². The average Bonchev–Trinajstić information content (AvgIpc) is 1.82. The number of carboxylic acids is 1. The van der Waals surface area contributed by atoms with Gasteiger partial charge in [0.05, 0.1) is 5.97 Å². The van der Waals surface area contributed by atoms with E-state index in [9.17, 15) is 32.3 Å². The normalized spacial score (nSPS) is 14.2. The van der Waals surface area contributed by atoms with Crippen LogP contribution < -0.4 is 5.11 Å². The minimum absolute atomic E-state index is 2.69. The Hall–Kier alpha value is -1.14. The first-order chi connectivity index (χ1) is 4.76. The predicted octanol–water partition coefficient (Wildman–Crippen LogP) is -0.794. The molecule has 0 amide bonds. The zero-order chi connectivity index (χ0) is 9.23. The van der Waals surface area contributed by atoms with Gasteiger partial charge in [0, 0.05) is 0 Å². The summed E-state index contributed by atoms with van der Waals surface area (Å²) in [5.74, 6) is -5.65.